The molecular weight excluding hydrogens is 218 g/mol. The monoisotopic (exact) mass is 227 g/mol. The van der Waals surface area contributed by atoms with Crippen molar-refractivity contribution in [2.45, 2.75) is 6.42 Å². The van der Waals surface area contributed by atoms with Crippen molar-refractivity contribution in [3.05, 3.63) is 17.8 Å². The van der Waals surface area contributed by atoms with Gasteiger partial charge < -0.3 is 5.32 Å². The molecule has 0 fully saturated rings. The van der Waals surface area contributed by atoms with Crippen LogP contribution in [0.5, 0.6) is 0 Å². The van der Waals surface area contributed by atoms with E-state index < -0.39 is 0 Å². The molecule has 2 rings (SSSR count). The summed E-state index contributed by atoms with van der Waals surface area (Å²) < 4.78 is 0. The second-order valence-corrected chi connectivity index (χ2v) is 4.10. The molecule has 2 heterocycles. The first-order valence-electron chi connectivity index (χ1n) is 4.40. The number of thiophene rings is 1. The third-order valence-corrected chi connectivity index (χ3v) is 2.95. The molecule has 0 aliphatic carbocycles. The second kappa shape index (κ2) is 4.57. The van der Waals surface area contributed by atoms with Crippen LogP contribution in [-0.4, -0.2) is 22.4 Å². The fraction of sp³-hybridized carbons (Fsp3) is 0.333. The van der Waals surface area contributed by atoms with Gasteiger partial charge in [0.2, 0.25) is 0 Å². The zero-order chi connectivity index (χ0) is 9.80. The molecule has 0 saturated carbocycles. The minimum absolute atomic E-state index is 0.671. The Morgan fingerprint density at radius 1 is 1.43 bits per heavy atom. The lowest BCUT2D eigenvalue weighted by atomic mass is 10.3. The van der Waals surface area contributed by atoms with Crippen molar-refractivity contribution in [1.29, 1.82) is 0 Å². The molecular formula is C9H10ClN3S. The van der Waals surface area contributed by atoms with Gasteiger partial charge in [-0.05, 0) is 17.9 Å². The lowest BCUT2D eigenvalue weighted by Crippen LogP contribution is -2.04. The van der Waals surface area contributed by atoms with Crippen LogP contribution < -0.4 is 5.32 Å². The summed E-state index contributed by atoms with van der Waals surface area (Å²) in [7, 11) is 0. The van der Waals surface area contributed by atoms with Gasteiger partial charge in [0.25, 0.3) is 0 Å². The zero-order valence-corrected chi connectivity index (χ0v) is 9.11. The predicted molar refractivity (Wildman–Crippen MR) is 61.2 cm³/mol. The van der Waals surface area contributed by atoms with Crippen LogP contribution in [0, 0.1) is 0 Å². The maximum atomic E-state index is 5.59. The fourth-order valence-corrected chi connectivity index (χ4v) is 2.07. The van der Waals surface area contributed by atoms with Crippen LogP contribution >= 0.6 is 22.9 Å². The van der Waals surface area contributed by atoms with E-state index in [0.717, 1.165) is 29.0 Å². The highest BCUT2D eigenvalue weighted by Crippen LogP contribution is 2.23. The van der Waals surface area contributed by atoms with E-state index >= 15 is 0 Å². The molecule has 5 heteroatoms. The number of fused-ring (bicyclic) bond motifs is 1. The molecule has 2 aromatic heterocycles. The Balaban J connectivity index is 2.19. The summed E-state index contributed by atoms with van der Waals surface area (Å²) in [5, 5.41) is 6.36. The Morgan fingerprint density at radius 3 is 3.21 bits per heavy atom. The predicted octanol–water partition coefficient (Wildman–Crippen LogP) is 2.73. The number of halogens is 1. The lowest BCUT2D eigenvalue weighted by molar-refractivity contribution is 0.977. The summed E-state index contributed by atoms with van der Waals surface area (Å²) in [5.74, 6) is 1.58. The van der Waals surface area contributed by atoms with E-state index in [1.165, 1.54) is 0 Å². The minimum Gasteiger partial charge on any atom is -0.369 e. The molecule has 0 atom stereocenters. The molecule has 2 aromatic rings. The van der Waals surface area contributed by atoms with Crippen molar-refractivity contribution in [3.8, 4) is 0 Å². The molecule has 3 nitrogen and oxygen atoms in total. The van der Waals surface area contributed by atoms with Crippen molar-refractivity contribution in [2.75, 3.05) is 17.7 Å². The minimum atomic E-state index is 0.671. The molecule has 0 aliphatic heterocycles. The number of nitrogens with one attached hydrogen (secondary N) is 1. The van der Waals surface area contributed by atoms with E-state index in [1.807, 2.05) is 11.4 Å². The normalized spacial score (nSPS) is 10.6. The van der Waals surface area contributed by atoms with E-state index in [-0.39, 0.29) is 0 Å². The molecule has 0 aromatic carbocycles. The first kappa shape index (κ1) is 9.68. The summed E-state index contributed by atoms with van der Waals surface area (Å²) in [4.78, 5) is 9.39. The Kier molecular flexibility index (Phi) is 3.16. The summed E-state index contributed by atoms with van der Waals surface area (Å²) in [5.41, 5.74) is 0. The number of hydrogen-bond donors (Lipinski definition) is 1. The first-order chi connectivity index (χ1) is 6.92. The molecule has 0 saturated heterocycles. The van der Waals surface area contributed by atoms with Crippen molar-refractivity contribution >= 4 is 39.0 Å². The van der Waals surface area contributed by atoms with Crippen molar-refractivity contribution < 1.29 is 0 Å². The van der Waals surface area contributed by atoms with E-state index in [1.54, 1.807) is 17.7 Å². The summed E-state index contributed by atoms with van der Waals surface area (Å²) in [6.45, 7) is 0.853. The number of hydrogen-bond acceptors (Lipinski definition) is 4. The average Bonchev–Trinajstić information content (AvgIpc) is 2.67. The van der Waals surface area contributed by atoms with Gasteiger partial charge in [-0.15, -0.1) is 22.9 Å². The van der Waals surface area contributed by atoms with Crippen molar-refractivity contribution in [2.24, 2.45) is 0 Å². The third kappa shape index (κ3) is 1.96. The number of aromatic nitrogens is 2. The number of alkyl halides is 1. The Bertz CT molecular complexity index is 415. The van der Waals surface area contributed by atoms with Crippen molar-refractivity contribution in [1.82, 2.24) is 9.97 Å². The highest BCUT2D eigenvalue weighted by molar-refractivity contribution is 7.16. The van der Waals surface area contributed by atoms with Gasteiger partial charge in [0.15, 0.2) is 0 Å². The first-order valence-corrected chi connectivity index (χ1v) is 5.81. The second-order valence-electron chi connectivity index (χ2n) is 2.83. The van der Waals surface area contributed by atoms with E-state index in [9.17, 15) is 0 Å². The maximum absolute atomic E-state index is 5.59. The van der Waals surface area contributed by atoms with E-state index in [0.29, 0.717) is 5.88 Å². The van der Waals surface area contributed by atoms with Gasteiger partial charge in [0.05, 0.1) is 5.39 Å². The van der Waals surface area contributed by atoms with Crippen LogP contribution in [-0.2, 0) is 0 Å². The van der Waals surface area contributed by atoms with Crippen LogP contribution in [0.2, 0.25) is 0 Å². The SMILES string of the molecule is ClCCCNc1ncnc2sccc12. The smallest absolute Gasteiger partial charge is 0.138 e. The van der Waals surface area contributed by atoms with Gasteiger partial charge >= 0.3 is 0 Å². The van der Waals surface area contributed by atoms with Gasteiger partial charge in [-0.3, -0.25) is 0 Å². The zero-order valence-electron chi connectivity index (χ0n) is 7.53. The molecule has 14 heavy (non-hydrogen) atoms. The summed E-state index contributed by atoms with van der Waals surface area (Å²) in [6.07, 6.45) is 2.53. The van der Waals surface area contributed by atoms with Crippen LogP contribution in [0.3, 0.4) is 0 Å². The van der Waals surface area contributed by atoms with Gasteiger partial charge in [-0.1, -0.05) is 0 Å². The fourth-order valence-electron chi connectivity index (χ4n) is 1.20. The van der Waals surface area contributed by atoms with Crippen LogP contribution in [0.25, 0.3) is 10.2 Å². The molecule has 0 spiro atoms. The van der Waals surface area contributed by atoms with Crippen LogP contribution in [0.4, 0.5) is 5.82 Å². The Labute approximate surface area is 91.1 Å². The largest absolute Gasteiger partial charge is 0.369 e. The molecule has 0 aliphatic rings. The standard InChI is InChI=1S/C9H10ClN3S/c10-3-1-4-11-8-7-2-5-14-9(7)13-6-12-8/h2,5-6H,1,3-4H2,(H,11,12,13). The molecule has 1 N–H and O–H groups in total. The highest BCUT2D eigenvalue weighted by atomic mass is 35.5. The maximum Gasteiger partial charge on any atom is 0.138 e. The van der Waals surface area contributed by atoms with E-state index in [4.69, 9.17) is 11.6 Å². The van der Waals surface area contributed by atoms with Gasteiger partial charge in [0.1, 0.15) is 17.0 Å². The number of anilines is 1. The molecule has 74 valence electrons. The average molecular weight is 228 g/mol. The van der Waals surface area contributed by atoms with Gasteiger partial charge in [0, 0.05) is 12.4 Å². The quantitative estimate of drug-likeness (QED) is 0.645. The topological polar surface area (TPSA) is 37.8 Å². The van der Waals surface area contributed by atoms with Crippen LogP contribution in [0.15, 0.2) is 17.8 Å². The molecule has 0 bridgehead atoms. The van der Waals surface area contributed by atoms with Crippen LogP contribution in [0.1, 0.15) is 6.42 Å². The Hall–Kier alpha value is -0.870. The van der Waals surface area contributed by atoms with Crippen molar-refractivity contribution in [3.63, 3.8) is 0 Å². The van der Waals surface area contributed by atoms with E-state index in [2.05, 4.69) is 15.3 Å². The summed E-state index contributed by atoms with van der Waals surface area (Å²) in [6, 6.07) is 2.03. The summed E-state index contributed by atoms with van der Waals surface area (Å²) >= 11 is 7.22. The van der Waals surface area contributed by atoms with Gasteiger partial charge in [-0.25, -0.2) is 9.97 Å². The third-order valence-electron chi connectivity index (χ3n) is 1.86. The molecule has 0 radical (unpaired) electrons. The number of rotatable bonds is 4. The lowest BCUT2D eigenvalue weighted by Gasteiger charge is -2.04. The number of nitrogens with zero attached hydrogens (tertiary/aromatic N) is 2. The van der Waals surface area contributed by atoms with Gasteiger partial charge in [-0.2, -0.15) is 0 Å². The Morgan fingerprint density at radius 2 is 2.36 bits per heavy atom. The highest BCUT2D eigenvalue weighted by Gasteiger charge is 2.02. The molecule has 0 unspecified atom stereocenters. The molecule has 0 amide bonds.